The van der Waals surface area contributed by atoms with Gasteiger partial charge in [0.25, 0.3) is 0 Å². The van der Waals surface area contributed by atoms with Crippen LogP contribution in [0.25, 0.3) is 0 Å². The maximum absolute atomic E-state index is 6.03. The van der Waals surface area contributed by atoms with E-state index >= 15 is 0 Å². The Morgan fingerprint density at radius 1 is 1.22 bits per heavy atom. The molecule has 2 fully saturated rings. The molecule has 7 heteroatoms. The average Bonchev–Trinajstić information content (AvgIpc) is 3.24. The highest BCUT2D eigenvalue weighted by molar-refractivity contribution is 5.80. The molecule has 1 N–H and O–H groups in total. The number of likely N-dealkylation sites (tertiary alicyclic amines) is 1. The van der Waals surface area contributed by atoms with Gasteiger partial charge < -0.3 is 15.0 Å². The number of morpholine rings is 1. The Bertz CT molecular complexity index is 894. The molecule has 1 aromatic carbocycles. The summed E-state index contributed by atoms with van der Waals surface area (Å²) in [6, 6.07) is 8.78. The molecule has 3 heterocycles. The van der Waals surface area contributed by atoms with Crippen molar-refractivity contribution in [3.8, 4) is 0 Å². The van der Waals surface area contributed by atoms with E-state index in [0.29, 0.717) is 13.2 Å². The van der Waals surface area contributed by atoms with Crippen molar-refractivity contribution in [2.75, 3.05) is 39.3 Å². The van der Waals surface area contributed by atoms with E-state index in [9.17, 15) is 0 Å². The zero-order valence-corrected chi connectivity index (χ0v) is 19.8. The molecule has 2 aromatic rings. The zero-order chi connectivity index (χ0) is 22.3. The quantitative estimate of drug-likeness (QED) is 0.555. The van der Waals surface area contributed by atoms with Gasteiger partial charge in [0.2, 0.25) is 0 Å². The Morgan fingerprint density at radius 2 is 2.06 bits per heavy atom. The number of aliphatic imine (C=N–C) groups is 1. The molecule has 0 amide bonds. The van der Waals surface area contributed by atoms with E-state index in [0.717, 1.165) is 43.6 Å². The van der Waals surface area contributed by atoms with Crippen LogP contribution in [0.2, 0.25) is 0 Å². The maximum atomic E-state index is 6.03. The van der Waals surface area contributed by atoms with Crippen molar-refractivity contribution in [2.45, 2.75) is 45.9 Å². The minimum Gasteiger partial charge on any atom is -0.370 e. The van der Waals surface area contributed by atoms with Gasteiger partial charge in [-0.2, -0.15) is 5.10 Å². The van der Waals surface area contributed by atoms with Crippen LogP contribution in [-0.4, -0.2) is 64.9 Å². The molecule has 174 valence electrons. The Hall–Kier alpha value is -2.38. The molecule has 0 aliphatic carbocycles. The summed E-state index contributed by atoms with van der Waals surface area (Å²) >= 11 is 0. The van der Waals surface area contributed by atoms with Crippen LogP contribution in [0.5, 0.6) is 0 Å². The number of nitrogens with one attached hydrogen (secondary N) is 1. The number of rotatable bonds is 6. The number of ether oxygens (including phenoxy) is 1. The second-order valence-corrected chi connectivity index (χ2v) is 9.17. The van der Waals surface area contributed by atoms with Crippen molar-refractivity contribution in [1.29, 1.82) is 0 Å². The summed E-state index contributed by atoms with van der Waals surface area (Å²) in [4.78, 5) is 9.96. The van der Waals surface area contributed by atoms with Crippen molar-refractivity contribution >= 4 is 5.96 Å². The summed E-state index contributed by atoms with van der Waals surface area (Å²) in [6.07, 6.45) is 6.62. The molecule has 0 saturated carbocycles. The van der Waals surface area contributed by atoms with Crippen LogP contribution in [-0.2, 0) is 24.9 Å². The fourth-order valence-corrected chi connectivity index (χ4v) is 4.77. The maximum Gasteiger partial charge on any atom is 0.194 e. The highest BCUT2D eigenvalue weighted by atomic mass is 16.5. The van der Waals surface area contributed by atoms with Gasteiger partial charge in [0, 0.05) is 45.0 Å². The molecule has 32 heavy (non-hydrogen) atoms. The van der Waals surface area contributed by atoms with E-state index in [2.05, 4.69) is 58.3 Å². The van der Waals surface area contributed by atoms with Crippen LogP contribution in [0.4, 0.5) is 0 Å². The smallest absolute Gasteiger partial charge is 0.194 e. The van der Waals surface area contributed by atoms with Gasteiger partial charge in [0.15, 0.2) is 5.96 Å². The summed E-state index contributed by atoms with van der Waals surface area (Å²) in [5.74, 6) is 1.76. The van der Waals surface area contributed by atoms with Gasteiger partial charge in [-0.05, 0) is 43.4 Å². The van der Waals surface area contributed by atoms with E-state index < -0.39 is 0 Å². The van der Waals surface area contributed by atoms with E-state index in [4.69, 9.17) is 9.73 Å². The molecule has 7 nitrogen and oxygen atoms in total. The van der Waals surface area contributed by atoms with E-state index in [-0.39, 0.29) is 6.10 Å². The summed E-state index contributed by atoms with van der Waals surface area (Å²) in [7, 11) is 1.94. The predicted octanol–water partition coefficient (Wildman–Crippen LogP) is 3.19. The van der Waals surface area contributed by atoms with Gasteiger partial charge in [0.05, 0.1) is 25.9 Å². The van der Waals surface area contributed by atoms with Crippen LogP contribution in [0.1, 0.15) is 49.5 Å². The number of hydrogen-bond acceptors (Lipinski definition) is 4. The first-order valence-corrected chi connectivity index (χ1v) is 12.0. The molecule has 2 aliphatic rings. The summed E-state index contributed by atoms with van der Waals surface area (Å²) in [5, 5.41) is 7.80. The van der Waals surface area contributed by atoms with Crippen molar-refractivity contribution in [2.24, 2.45) is 18.0 Å². The molecule has 2 aliphatic heterocycles. The molecule has 0 radical (unpaired) electrons. The lowest BCUT2D eigenvalue weighted by atomic mass is 9.99. The summed E-state index contributed by atoms with van der Waals surface area (Å²) in [6.45, 7) is 11.8. The molecule has 2 unspecified atom stereocenters. The van der Waals surface area contributed by atoms with Crippen LogP contribution in [0, 0.1) is 5.92 Å². The van der Waals surface area contributed by atoms with Gasteiger partial charge >= 0.3 is 0 Å². The standard InChI is InChI=1S/C25H38N6O/c1-4-26-25(31-12-13-32-24(19-31)23-15-28-29(3)17-23)27-14-21-9-5-6-10-22(21)18-30-11-7-8-20(2)16-30/h5-6,9-10,15,17,20,24H,4,7-8,11-14,16,18-19H2,1-3H3,(H,26,27). The molecule has 1 aromatic heterocycles. The molecule has 2 atom stereocenters. The average molecular weight is 439 g/mol. The van der Waals surface area contributed by atoms with Crippen molar-refractivity contribution in [1.82, 2.24) is 24.9 Å². The lowest BCUT2D eigenvalue weighted by molar-refractivity contribution is -0.00805. The van der Waals surface area contributed by atoms with Gasteiger partial charge in [0.1, 0.15) is 6.10 Å². The van der Waals surface area contributed by atoms with Crippen molar-refractivity contribution < 1.29 is 4.74 Å². The van der Waals surface area contributed by atoms with Crippen LogP contribution >= 0.6 is 0 Å². The fraction of sp³-hybridized carbons (Fsp3) is 0.600. The van der Waals surface area contributed by atoms with E-state index in [1.54, 1.807) is 0 Å². The molecule has 2 saturated heterocycles. The Morgan fingerprint density at radius 3 is 2.81 bits per heavy atom. The third-order valence-corrected chi connectivity index (χ3v) is 6.45. The number of hydrogen-bond donors (Lipinski definition) is 1. The second-order valence-electron chi connectivity index (χ2n) is 9.17. The highest BCUT2D eigenvalue weighted by Gasteiger charge is 2.25. The van der Waals surface area contributed by atoms with Gasteiger partial charge in [-0.1, -0.05) is 31.2 Å². The SMILES string of the molecule is CCNC(=NCc1ccccc1CN1CCCC(C)C1)N1CCOC(c2cnn(C)c2)C1. The van der Waals surface area contributed by atoms with Gasteiger partial charge in [-0.3, -0.25) is 9.58 Å². The molecular formula is C25H38N6O. The predicted molar refractivity (Wildman–Crippen MR) is 128 cm³/mol. The molecule has 4 rings (SSSR count). The monoisotopic (exact) mass is 438 g/mol. The zero-order valence-electron chi connectivity index (χ0n) is 19.8. The Kier molecular flexibility index (Phi) is 7.81. The van der Waals surface area contributed by atoms with Crippen molar-refractivity contribution in [3.63, 3.8) is 0 Å². The topological polar surface area (TPSA) is 57.9 Å². The first kappa shape index (κ1) is 22.8. The number of aromatic nitrogens is 2. The largest absolute Gasteiger partial charge is 0.370 e. The molecular weight excluding hydrogens is 400 g/mol. The summed E-state index contributed by atoms with van der Waals surface area (Å²) < 4.78 is 7.86. The van der Waals surface area contributed by atoms with Crippen LogP contribution in [0.3, 0.4) is 0 Å². The normalized spacial score (nSPS) is 22.8. The minimum atomic E-state index is 0.0229. The number of aryl methyl sites for hydroxylation is 1. The highest BCUT2D eigenvalue weighted by Crippen LogP contribution is 2.23. The first-order chi connectivity index (χ1) is 15.6. The number of nitrogens with zero attached hydrogens (tertiary/aromatic N) is 5. The minimum absolute atomic E-state index is 0.0229. The van der Waals surface area contributed by atoms with Crippen LogP contribution < -0.4 is 5.32 Å². The van der Waals surface area contributed by atoms with Crippen molar-refractivity contribution in [3.05, 3.63) is 53.3 Å². The Balaban J connectivity index is 1.45. The fourth-order valence-electron chi connectivity index (χ4n) is 4.77. The molecule has 0 spiro atoms. The molecule has 0 bridgehead atoms. The van der Waals surface area contributed by atoms with Gasteiger partial charge in [-0.25, -0.2) is 4.99 Å². The lowest BCUT2D eigenvalue weighted by Gasteiger charge is -2.35. The van der Waals surface area contributed by atoms with E-state index in [1.807, 2.05) is 24.1 Å². The third kappa shape index (κ3) is 5.90. The van der Waals surface area contributed by atoms with E-state index in [1.165, 1.54) is 37.1 Å². The lowest BCUT2D eigenvalue weighted by Crippen LogP contribution is -2.48. The second kappa shape index (κ2) is 11.0. The first-order valence-electron chi connectivity index (χ1n) is 12.0. The Labute approximate surface area is 192 Å². The summed E-state index contributed by atoms with van der Waals surface area (Å²) in [5.41, 5.74) is 3.84. The third-order valence-electron chi connectivity index (χ3n) is 6.45. The van der Waals surface area contributed by atoms with Crippen LogP contribution in [0.15, 0.2) is 41.7 Å². The number of benzene rings is 1. The van der Waals surface area contributed by atoms with Gasteiger partial charge in [-0.15, -0.1) is 0 Å². The number of piperidine rings is 1. The number of guanidine groups is 1.